The zero-order chi connectivity index (χ0) is 91.7. The number of Topliss-reactive ketones (excluding diaryl/α,β-unsaturated/α-hetero) is 1. The van der Waals surface area contributed by atoms with Crippen LogP contribution in [0.5, 0.6) is 5.75 Å². The third kappa shape index (κ3) is 189. The number of allylic oxidation sites excluding steroid dienone is 22. The van der Waals surface area contributed by atoms with Crippen LogP contribution in [-0.4, -0.2) is 148 Å². The van der Waals surface area contributed by atoms with Gasteiger partial charge >= 0.3 is 223 Å². The Balaban J connectivity index is -0.0000000520. The number of carbonyl (C=O) groups excluding carboxylic acids is 11. The van der Waals surface area contributed by atoms with Gasteiger partial charge in [0, 0.05) is 12.8 Å². The predicted molar refractivity (Wildman–Crippen MR) is 455 cm³/mol. The van der Waals surface area contributed by atoms with Gasteiger partial charge in [-0.05, 0) is 203 Å². The standard InChI is InChI=1S/C20H30O3.C17H32O2.C15H28O2.8C5H8O2.Al.Ca.Co.Cu.Fe.Mg.Ni.4Zn/c1-5-7-8-17(6-2)14-23-19-11-9-18(10-12-19)13-20(15(3)21)16(4)22;1-14(2)9-5-7-11-16(18)13-17(19)12-8-6-10-15(3)4;1-3-5-7-9-11-14(16)13-15(17)12-10-8-6-4-2;8*1-4(6)3-5(2)7;;;;;;;;;;;/h9-12,17,21H,5-8,13-14H2,1-4H3;13-15,18H,5-12H2,1-4H3;13,16H,3-12H2,1-2H3;8*3,6H,1-2H3;;;;;;;;;;;/q;;;;;;;;;;;+3;3*+2;+3;6*+2/p-11/b20-15-;16-13-;14-13-;8*4-3-;;;;;;;;;;;. The molecule has 23 nitrogen and oxygen atoms in total. The molecule has 1 unspecified atom stereocenters. The molecule has 126 heavy (non-hydrogen) atoms. The van der Waals surface area contributed by atoms with Gasteiger partial charge in [0.25, 0.3) is 0 Å². The minimum absolute atomic E-state index is 0. The van der Waals surface area contributed by atoms with Gasteiger partial charge in [0.05, 0.1) is 6.61 Å². The van der Waals surface area contributed by atoms with Gasteiger partial charge in [-0.2, -0.15) is 0 Å². The maximum atomic E-state index is 11.6. The molecule has 0 bridgehead atoms. The Hall–Kier alpha value is -2.58. The van der Waals surface area contributed by atoms with E-state index in [-0.39, 0.29) is 350 Å². The molecule has 1 rings (SSSR count). The average molecular weight is 2210 g/mol. The van der Waals surface area contributed by atoms with E-state index in [1.54, 1.807) is 0 Å². The molecular weight excluding hydrogens is 2060 g/mol. The minimum Gasteiger partial charge on any atom is -0.876 e. The topological polar surface area (TPSA) is 451 Å². The Morgan fingerprint density at radius 2 is 0.579 bits per heavy atom. The number of hydrogen-bond acceptors (Lipinski definition) is 23. The molecule has 0 spiro atoms. The molecule has 0 fully saturated rings. The first-order chi connectivity index (χ1) is 53.1. The fourth-order valence-corrected chi connectivity index (χ4v) is 8.61. The summed E-state index contributed by atoms with van der Waals surface area (Å²) in [6.07, 6.45) is 33.5. The van der Waals surface area contributed by atoms with E-state index in [1.807, 2.05) is 24.3 Å². The van der Waals surface area contributed by atoms with Crippen molar-refractivity contribution in [2.45, 2.75) is 328 Å². The number of unbranched alkanes of at least 4 members (excludes halogenated alkanes) is 9. The summed E-state index contributed by atoms with van der Waals surface area (Å²) in [5, 5.41) is 114. The molecule has 0 N–H and O–H groups in total. The molecule has 3 radical (unpaired) electrons. The van der Waals surface area contributed by atoms with Crippen LogP contribution in [0.4, 0.5) is 0 Å². The van der Waals surface area contributed by atoms with Gasteiger partial charge in [0.15, 0.2) is 63.6 Å². The third-order valence-electron chi connectivity index (χ3n) is 13.5. The van der Waals surface area contributed by atoms with Crippen molar-refractivity contribution < 1.29 is 259 Å². The van der Waals surface area contributed by atoms with E-state index < -0.39 is 0 Å². The summed E-state index contributed by atoms with van der Waals surface area (Å²) in [4.78, 5) is 114. The van der Waals surface area contributed by atoms with Gasteiger partial charge in [0.1, 0.15) is 5.75 Å². The Morgan fingerprint density at radius 1 is 0.349 bits per heavy atom. The van der Waals surface area contributed by atoms with Crippen LogP contribution in [0.15, 0.2) is 154 Å². The summed E-state index contributed by atoms with van der Waals surface area (Å²) < 4.78 is 5.87. The fourth-order valence-electron chi connectivity index (χ4n) is 8.61. The van der Waals surface area contributed by atoms with E-state index in [2.05, 4.69) is 55.4 Å². The largest absolute Gasteiger partial charge is 3.00 e. The first kappa shape index (κ1) is 176. The van der Waals surface area contributed by atoms with Gasteiger partial charge in [0.2, 0.25) is 0 Å². The summed E-state index contributed by atoms with van der Waals surface area (Å²) in [5.74, 6) is -0.415. The van der Waals surface area contributed by atoms with E-state index >= 15 is 0 Å². The number of carbonyl (C=O) groups is 11. The Bertz CT molecular complexity index is 2940. The van der Waals surface area contributed by atoms with E-state index in [9.17, 15) is 109 Å². The first-order valence-electron chi connectivity index (χ1n) is 39.4. The monoisotopic (exact) mass is 2200 g/mol. The summed E-state index contributed by atoms with van der Waals surface area (Å²) in [6, 6.07) is 7.68. The zero-order valence-electron chi connectivity index (χ0n) is 80.8. The van der Waals surface area contributed by atoms with Crippen LogP contribution in [0.1, 0.15) is 327 Å². The Labute approximate surface area is 907 Å². The molecule has 1 atom stereocenters. The molecule has 689 valence electrons. The van der Waals surface area contributed by atoms with Crippen molar-refractivity contribution >= 4 is 142 Å². The van der Waals surface area contributed by atoms with Crippen LogP contribution >= 0.6 is 0 Å². The van der Waals surface area contributed by atoms with Crippen LogP contribution in [-0.2, 0) is 204 Å². The number of rotatable bonds is 40. The van der Waals surface area contributed by atoms with Crippen LogP contribution in [0, 0.1) is 17.8 Å². The van der Waals surface area contributed by atoms with Crippen LogP contribution < -0.4 is 60.9 Å². The second-order valence-electron chi connectivity index (χ2n) is 28.1. The predicted octanol–water partition coefficient (Wildman–Crippen LogP) is 9.57. The second kappa shape index (κ2) is 124. The van der Waals surface area contributed by atoms with Crippen LogP contribution in [0.25, 0.3) is 0 Å². The van der Waals surface area contributed by atoms with Crippen molar-refractivity contribution in [1.29, 1.82) is 0 Å². The van der Waals surface area contributed by atoms with Crippen molar-refractivity contribution in [2.24, 2.45) is 17.8 Å². The zero-order valence-corrected chi connectivity index (χ0v) is 102. The smallest absolute Gasteiger partial charge is 0.876 e. The van der Waals surface area contributed by atoms with E-state index in [0.29, 0.717) is 55.4 Å². The molecule has 1 aromatic carbocycles. The molecule has 0 aliphatic carbocycles. The Kier molecular flexibility index (Phi) is 174. The number of ether oxygens (including phenoxy) is 1. The Morgan fingerprint density at radius 3 is 0.770 bits per heavy atom. The second-order valence-corrected chi connectivity index (χ2v) is 28.1. The molecular formula is C92H143AlCaCoCuFeMgNiO23Zn4+13. The maximum absolute atomic E-state index is 11.6. The summed E-state index contributed by atoms with van der Waals surface area (Å²) in [6.45, 7) is 42.7. The quantitative estimate of drug-likeness (QED) is 0.0255. The molecule has 0 saturated carbocycles. The van der Waals surface area contributed by atoms with Gasteiger partial charge in [-0.3, -0.25) is 52.7 Å². The van der Waals surface area contributed by atoms with E-state index in [0.717, 1.165) is 137 Å². The summed E-state index contributed by atoms with van der Waals surface area (Å²) in [7, 11) is 0. The molecule has 34 heteroatoms. The van der Waals surface area contributed by atoms with Crippen LogP contribution in [0.3, 0.4) is 0 Å². The molecule has 0 aromatic heterocycles. The van der Waals surface area contributed by atoms with Crippen molar-refractivity contribution in [1.82, 2.24) is 0 Å². The normalized spacial score (nSPS) is 11.0. The average Bonchev–Trinajstić information content (AvgIpc) is 0.876. The van der Waals surface area contributed by atoms with Crippen LogP contribution in [0.2, 0.25) is 0 Å². The summed E-state index contributed by atoms with van der Waals surface area (Å²) >= 11 is 0. The van der Waals surface area contributed by atoms with Crippen molar-refractivity contribution in [3.63, 3.8) is 0 Å². The number of benzene rings is 1. The molecule has 0 aliphatic heterocycles. The van der Waals surface area contributed by atoms with Gasteiger partial charge in [-0.25, -0.2) is 0 Å². The molecule has 0 saturated heterocycles. The molecule has 0 amide bonds. The maximum Gasteiger partial charge on any atom is 3.00 e. The minimum atomic E-state index is -0.187. The van der Waals surface area contributed by atoms with Gasteiger partial charge in [-0.15, -0.1) is 63.4 Å². The first-order valence-corrected chi connectivity index (χ1v) is 39.4. The molecule has 0 heterocycles. The van der Waals surface area contributed by atoms with Crippen molar-refractivity contribution in [2.75, 3.05) is 6.61 Å². The molecule has 1 aromatic rings. The SMILES string of the molecule is CC(=O)/C=C(/C)[O-].CC(=O)/C=C(/C)[O-].CC(=O)/C=C(/C)[O-].CC(=O)/C=C(/C)[O-].CC(=O)/C=C(/C)[O-].CC(=O)/C=C(/C)[O-].CC(=O)/C=C(/C)[O-].CC(=O)/C=C(/C)[O-].CC(C)CCCCC(=O)/C=C(\[O-])CCCCC(C)C.CCCCC(CC)COc1ccc(C/C(C(C)=O)=C(\C)[O-])cc1.CCCCCCC(=O)/C=C(\[O-])CCCCCC.[Al+3].[Ca+2].[Co+2].[Cu+2].[Fe+3].[Mg+2].[Ni+2].[Zn+2].[Zn+2].[Zn+2].[Zn+2]. The number of ketones is 11. The summed E-state index contributed by atoms with van der Waals surface area (Å²) in [5.41, 5.74) is 1.31. The number of hydrogen-bond donors (Lipinski definition) is 0. The van der Waals surface area contributed by atoms with Gasteiger partial charge in [-0.1, -0.05) is 226 Å². The third-order valence-corrected chi connectivity index (χ3v) is 13.5. The fraction of sp³-hybridized carbons (Fsp3) is 0.576. The van der Waals surface area contributed by atoms with Gasteiger partial charge < -0.3 is 60.9 Å². The molecule has 0 aliphatic rings. The van der Waals surface area contributed by atoms with E-state index in [4.69, 9.17) is 4.74 Å². The van der Waals surface area contributed by atoms with Crippen molar-refractivity contribution in [3.8, 4) is 5.75 Å². The van der Waals surface area contributed by atoms with E-state index in [1.165, 1.54) is 182 Å². The van der Waals surface area contributed by atoms with Crippen molar-refractivity contribution in [3.05, 3.63) is 160 Å².